The van der Waals surface area contributed by atoms with Crippen LogP contribution < -0.4 is 10.6 Å². The first-order valence-corrected chi connectivity index (χ1v) is 8.56. The normalized spacial score (nSPS) is 10.3. The molecule has 0 aromatic heterocycles. The summed E-state index contributed by atoms with van der Waals surface area (Å²) in [5.41, 5.74) is 0.256. The Bertz CT molecular complexity index is 722. The Morgan fingerprint density at radius 2 is 1.83 bits per heavy atom. The number of carbonyl (C=O) groups is 2. The van der Waals surface area contributed by atoms with Crippen molar-refractivity contribution in [3.05, 3.63) is 59.1 Å². The molecule has 2 rings (SSSR count). The Kier molecular flexibility index (Phi) is 6.66. The zero-order chi connectivity index (χ0) is 17.5. The Labute approximate surface area is 149 Å². The molecule has 0 spiro atoms. The number of carbonyl (C=O) groups excluding carboxylic acids is 2. The van der Waals surface area contributed by atoms with E-state index in [9.17, 15) is 9.59 Å². The van der Waals surface area contributed by atoms with Gasteiger partial charge in [-0.25, -0.2) is 5.84 Å². The van der Waals surface area contributed by atoms with Gasteiger partial charge in [0.25, 0.3) is 5.91 Å². The molecule has 2 aromatic rings. The van der Waals surface area contributed by atoms with E-state index < -0.39 is 11.9 Å². The average Bonchev–Trinajstić information content (AvgIpc) is 2.56. The van der Waals surface area contributed by atoms with Crippen LogP contribution in [0.25, 0.3) is 0 Å². The highest BCUT2D eigenvalue weighted by molar-refractivity contribution is 7.99. The second-order valence-electron chi connectivity index (χ2n) is 4.89. The standard InChI is InChI=1S/C17H17ClN2O3S/c1-12(21)23-16-5-3-2-4-15(16)17(22)20(19)10-11-24-14-8-6-13(18)7-9-14/h2-9H,10-11,19H2,1H3. The number of hydrogen-bond acceptors (Lipinski definition) is 5. The molecule has 0 bridgehead atoms. The largest absolute Gasteiger partial charge is 0.426 e. The van der Waals surface area contributed by atoms with Crippen molar-refractivity contribution in [3.63, 3.8) is 0 Å². The first-order chi connectivity index (χ1) is 11.5. The number of hydrogen-bond donors (Lipinski definition) is 1. The number of rotatable bonds is 6. The molecular formula is C17H17ClN2O3S. The third-order valence-electron chi connectivity index (χ3n) is 3.05. The van der Waals surface area contributed by atoms with Gasteiger partial charge in [-0.2, -0.15) is 0 Å². The van der Waals surface area contributed by atoms with Crippen LogP contribution in [0.3, 0.4) is 0 Å². The minimum Gasteiger partial charge on any atom is -0.426 e. The third-order valence-corrected chi connectivity index (χ3v) is 4.29. The zero-order valence-electron chi connectivity index (χ0n) is 13.1. The van der Waals surface area contributed by atoms with Gasteiger partial charge < -0.3 is 4.74 Å². The fraction of sp³-hybridized carbons (Fsp3) is 0.176. The smallest absolute Gasteiger partial charge is 0.308 e. The quantitative estimate of drug-likeness (QED) is 0.212. The number of nitrogens with zero attached hydrogens (tertiary/aromatic N) is 1. The highest BCUT2D eigenvalue weighted by Gasteiger charge is 2.17. The molecule has 2 N–H and O–H groups in total. The molecule has 0 aliphatic rings. The van der Waals surface area contributed by atoms with Crippen molar-refractivity contribution in [1.82, 2.24) is 5.01 Å². The van der Waals surface area contributed by atoms with Gasteiger partial charge in [0.2, 0.25) is 0 Å². The average molecular weight is 365 g/mol. The highest BCUT2D eigenvalue weighted by Crippen LogP contribution is 2.22. The number of esters is 1. The number of hydrazine groups is 1. The van der Waals surface area contributed by atoms with E-state index in [0.717, 1.165) is 9.90 Å². The third kappa shape index (κ3) is 5.26. The molecule has 126 valence electrons. The van der Waals surface area contributed by atoms with Gasteiger partial charge in [0.15, 0.2) is 0 Å². The van der Waals surface area contributed by atoms with E-state index in [1.54, 1.807) is 36.0 Å². The predicted octanol–water partition coefficient (Wildman–Crippen LogP) is 3.37. The number of halogens is 1. The lowest BCUT2D eigenvalue weighted by Crippen LogP contribution is -2.39. The van der Waals surface area contributed by atoms with E-state index in [1.807, 2.05) is 24.3 Å². The summed E-state index contributed by atoms with van der Waals surface area (Å²) in [5, 5.41) is 1.79. The molecule has 24 heavy (non-hydrogen) atoms. The molecule has 0 atom stereocenters. The Morgan fingerprint density at radius 3 is 2.50 bits per heavy atom. The molecule has 0 aliphatic heterocycles. The van der Waals surface area contributed by atoms with Crippen molar-refractivity contribution in [3.8, 4) is 5.75 Å². The van der Waals surface area contributed by atoms with Crippen molar-refractivity contribution in [2.45, 2.75) is 11.8 Å². The fourth-order valence-corrected chi connectivity index (χ4v) is 2.91. The molecule has 2 aromatic carbocycles. The van der Waals surface area contributed by atoms with Crippen LogP contribution >= 0.6 is 23.4 Å². The second-order valence-corrected chi connectivity index (χ2v) is 6.50. The van der Waals surface area contributed by atoms with Crippen molar-refractivity contribution in [1.29, 1.82) is 0 Å². The van der Waals surface area contributed by atoms with Gasteiger partial charge in [0, 0.05) is 29.1 Å². The van der Waals surface area contributed by atoms with Crippen LogP contribution in [0.1, 0.15) is 17.3 Å². The lowest BCUT2D eigenvalue weighted by atomic mass is 10.2. The number of benzene rings is 2. The van der Waals surface area contributed by atoms with Gasteiger partial charge in [0.1, 0.15) is 5.75 Å². The summed E-state index contributed by atoms with van der Waals surface area (Å²) in [6.45, 7) is 1.63. The highest BCUT2D eigenvalue weighted by atomic mass is 35.5. The Hall–Kier alpha value is -2.02. The minimum absolute atomic E-state index is 0.204. The Morgan fingerprint density at radius 1 is 1.17 bits per heavy atom. The van der Waals surface area contributed by atoms with Gasteiger partial charge in [0.05, 0.1) is 5.56 Å². The Balaban J connectivity index is 1.94. The fourth-order valence-electron chi connectivity index (χ4n) is 1.94. The first-order valence-electron chi connectivity index (χ1n) is 7.20. The summed E-state index contributed by atoms with van der Waals surface area (Å²) in [6, 6.07) is 14.0. The lowest BCUT2D eigenvalue weighted by Gasteiger charge is -2.18. The van der Waals surface area contributed by atoms with Gasteiger partial charge in [-0.1, -0.05) is 23.7 Å². The number of thioether (sulfide) groups is 1. The number of amides is 1. The molecular weight excluding hydrogens is 348 g/mol. The summed E-state index contributed by atoms with van der Waals surface area (Å²) >= 11 is 7.41. The van der Waals surface area contributed by atoms with Crippen LogP contribution in [-0.4, -0.2) is 29.2 Å². The zero-order valence-corrected chi connectivity index (χ0v) is 14.6. The maximum atomic E-state index is 12.4. The second kappa shape index (κ2) is 8.73. The van der Waals surface area contributed by atoms with Crippen LogP contribution in [0.4, 0.5) is 0 Å². The van der Waals surface area contributed by atoms with Crippen molar-refractivity contribution in [2.24, 2.45) is 5.84 Å². The molecule has 0 saturated heterocycles. The van der Waals surface area contributed by atoms with E-state index in [1.165, 1.54) is 6.92 Å². The topological polar surface area (TPSA) is 72.6 Å². The lowest BCUT2D eigenvalue weighted by molar-refractivity contribution is -0.131. The first kappa shape index (κ1) is 18.3. The van der Waals surface area contributed by atoms with Crippen LogP contribution in [0.5, 0.6) is 5.75 Å². The summed E-state index contributed by atoms with van der Waals surface area (Å²) in [7, 11) is 0. The molecule has 7 heteroatoms. The molecule has 0 fully saturated rings. The summed E-state index contributed by atoms with van der Waals surface area (Å²) in [6.07, 6.45) is 0. The van der Waals surface area contributed by atoms with Crippen LogP contribution in [0, 0.1) is 0 Å². The molecule has 0 unspecified atom stereocenters. The van der Waals surface area contributed by atoms with E-state index >= 15 is 0 Å². The molecule has 1 amide bonds. The van der Waals surface area contributed by atoms with E-state index in [2.05, 4.69) is 0 Å². The van der Waals surface area contributed by atoms with Crippen LogP contribution in [-0.2, 0) is 4.79 Å². The maximum Gasteiger partial charge on any atom is 0.308 e. The van der Waals surface area contributed by atoms with E-state index in [-0.39, 0.29) is 11.3 Å². The molecule has 0 saturated carbocycles. The molecule has 0 aliphatic carbocycles. The van der Waals surface area contributed by atoms with E-state index in [0.29, 0.717) is 17.3 Å². The van der Waals surface area contributed by atoms with Gasteiger partial charge in [-0.05, 0) is 36.4 Å². The molecule has 0 radical (unpaired) electrons. The van der Waals surface area contributed by atoms with Crippen molar-refractivity contribution in [2.75, 3.05) is 12.3 Å². The SMILES string of the molecule is CC(=O)Oc1ccccc1C(=O)N(N)CCSc1ccc(Cl)cc1. The van der Waals surface area contributed by atoms with Crippen molar-refractivity contribution >= 4 is 35.2 Å². The number of nitrogens with two attached hydrogens (primary N) is 1. The van der Waals surface area contributed by atoms with Gasteiger partial charge in [-0.15, -0.1) is 11.8 Å². The predicted molar refractivity (Wildman–Crippen MR) is 95.2 cm³/mol. The number of para-hydroxylation sites is 1. The monoisotopic (exact) mass is 364 g/mol. The van der Waals surface area contributed by atoms with Crippen molar-refractivity contribution < 1.29 is 14.3 Å². The molecule has 0 heterocycles. The van der Waals surface area contributed by atoms with E-state index in [4.69, 9.17) is 22.2 Å². The maximum absolute atomic E-state index is 12.4. The minimum atomic E-state index is -0.489. The summed E-state index contributed by atoms with van der Waals surface area (Å²) < 4.78 is 5.04. The molecule has 5 nitrogen and oxygen atoms in total. The van der Waals surface area contributed by atoms with Crippen LogP contribution in [0.15, 0.2) is 53.4 Å². The van der Waals surface area contributed by atoms with Crippen LogP contribution in [0.2, 0.25) is 5.02 Å². The summed E-state index contributed by atoms with van der Waals surface area (Å²) in [5.74, 6) is 5.79. The summed E-state index contributed by atoms with van der Waals surface area (Å²) in [4.78, 5) is 24.6. The number of ether oxygens (including phenoxy) is 1. The van der Waals surface area contributed by atoms with Gasteiger partial charge in [-0.3, -0.25) is 14.6 Å². The van der Waals surface area contributed by atoms with Gasteiger partial charge >= 0.3 is 5.97 Å².